The van der Waals surface area contributed by atoms with Crippen molar-refractivity contribution in [1.29, 1.82) is 0 Å². The standard InChI is InChI=1S/C15H14BrN7O/c16-10-2-1-3-11-13(10)14(15-19-12(8-17)21-24-15)23(20-11)7-6-22-5-4-18-9-22/h1-5,9H,6-8,17H2. The van der Waals surface area contributed by atoms with Gasteiger partial charge in [0.15, 0.2) is 5.82 Å². The van der Waals surface area contributed by atoms with E-state index >= 15 is 0 Å². The first-order chi connectivity index (χ1) is 11.8. The number of nitrogens with zero attached hydrogens (tertiary/aromatic N) is 6. The van der Waals surface area contributed by atoms with Crippen molar-refractivity contribution < 1.29 is 4.52 Å². The van der Waals surface area contributed by atoms with Crippen molar-refractivity contribution in [3.8, 4) is 11.6 Å². The Labute approximate surface area is 145 Å². The predicted molar refractivity (Wildman–Crippen MR) is 90.8 cm³/mol. The van der Waals surface area contributed by atoms with Gasteiger partial charge >= 0.3 is 0 Å². The molecule has 0 saturated heterocycles. The number of imidazole rings is 1. The second-order valence-corrected chi connectivity index (χ2v) is 6.08. The zero-order valence-electron chi connectivity index (χ0n) is 12.6. The fourth-order valence-electron chi connectivity index (χ4n) is 2.58. The van der Waals surface area contributed by atoms with Gasteiger partial charge in [-0.3, -0.25) is 4.68 Å². The van der Waals surface area contributed by atoms with Crippen LogP contribution in [0.1, 0.15) is 5.82 Å². The fraction of sp³-hybridized carbons (Fsp3) is 0.200. The molecule has 24 heavy (non-hydrogen) atoms. The first-order valence-electron chi connectivity index (χ1n) is 7.40. The lowest BCUT2D eigenvalue weighted by molar-refractivity contribution is 0.417. The summed E-state index contributed by atoms with van der Waals surface area (Å²) in [5.74, 6) is 0.878. The van der Waals surface area contributed by atoms with E-state index in [0.717, 1.165) is 27.6 Å². The first-order valence-corrected chi connectivity index (χ1v) is 8.19. The molecule has 0 atom stereocenters. The normalized spacial score (nSPS) is 11.4. The first kappa shape index (κ1) is 15.0. The molecule has 0 bridgehead atoms. The quantitative estimate of drug-likeness (QED) is 0.563. The van der Waals surface area contributed by atoms with Gasteiger partial charge in [0.25, 0.3) is 5.89 Å². The molecule has 9 heteroatoms. The largest absolute Gasteiger partial charge is 0.336 e. The number of halogens is 1. The molecule has 3 heterocycles. The van der Waals surface area contributed by atoms with Gasteiger partial charge < -0.3 is 14.8 Å². The number of hydrogen-bond acceptors (Lipinski definition) is 6. The average Bonchev–Trinajstić information content (AvgIpc) is 3.31. The van der Waals surface area contributed by atoms with Crippen LogP contribution in [0.4, 0.5) is 0 Å². The van der Waals surface area contributed by atoms with Gasteiger partial charge in [0.2, 0.25) is 0 Å². The van der Waals surface area contributed by atoms with Gasteiger partial charge in [0.1, 0.15) is 5.69 Å². The van der Waals surface area contributed by atoms with E-state index in [2.05, 4.69) is 36.2 Å². The van der Waals surface area contributed by atoms with Gasteiger partial charge in [-0.2, -0.15) is 10.1 Å². The molecule has 0 unspecified atom stereocenters. The van der Waals surface area contributed by atoms with E-state index in [1.807, 2.05) is 33.6 Å². The van der Waals surface area contributed by atoms with Crippen LogP contribution < -0.4 is 5.73 Å². The lowest BCUT2D eigenvalue weighted by Crippen LogP contribution is -2.09. The SMILES string of the molecule is NCc1noc(-c2c3c(Br)cccc3nn2CCn2ccnc2)n1. The second kappa shape index (κ2) is 6.17. The summed E-state index contributed by atoms with van der Waals surface area (Å²) in [5.41, 5.74) is 7.23. The number of fused-ring (bicyclic) bond motifs is 1. The van der Waals surface area contributed by atoms with E-state index in [1.54, 1.807) is 12.5 Å². The van der Waals surface area contributed by atoms with Crippen LogP contribution in [-0.4, -0.2) is 29.5 Å². The fourth-order valence-corrected chi connectivity index (χ4v) is 3.12. The van der Waals surface area contributed by atoms with Gasteiger partial charge in [0.05, 0.1) is 24.9 Å². The molecule has 0 amide bonds. The van der Waals surface area contributed by atoms with Crippen molar-refractivity contribution in [1.82, 2.24) is 29.5 Å². The molecule has 1 aromatic carbocycles. The summed E-state index contributed by atoms with van der Waals surface area (Å²) in [4.78, 5) is 8.42. The number of aryl methyl sites for hydroxylation is 2. The minimum atomic E-state index is 0.228. The Morgan fingerprint density at radius 3 is 2.92 bits per heavy atom. The second-order valence-electron chi connectivity index (χ2n) is 5.23. The third kappa shape index (κ3) is 2.61. The smallest absolute Gasteiger partial charge is 0.276 e. The van der Waals surface area contributed by atoms with Crippen LogP contribution in [0.5, 0.6) is 0 Å². The highest BCUT2D eigenvalue weighted by atomic mass is 79.9. The van der Waals surface area contributed by atoms with E-state index in [1.165, 1.54) is 0 Å². The number of hydrogen-bond donors (Lipinski definition) is 1. The van der Waals surface area contributed by atoms with E-state index in [4.69, 9.17) is 10.3 Å². The maximum atomic E-state index is 5.59. The molecule has 0 fully saturated rings. The van der Waals surface area contributed by atoms with Crippen molar-refractivity contribution >= 4 is 26.8 Å². The van der Waals surface area contributed by atoms with Crippen LogP contribution >= 0.6 is 15.9 Å². The Balaban J connectivity index is 1.82. The van der Waals surface area contributed by atoms with Crippen LogP contribution in [0.15, 0.2) is 45.9 Å². The number of nitrogens with two attached hydrogens (primary N) is 1. The monoisotopic (exact) mass is 387 g/mol. The van der Waals surface area contributed by atoms with Crippen molar-refractivity contribution in [3.63, 3.8) is 0 Å². The highest BCUT2D eigenvalue weighted by Crippen LogP contribution is 2.33. The van der Waals surface area contributed by atoms with E-state index in [-0.39, 0.29) is 6.54 Å². The van der Waals surface area contributed by atoms with Crippen molar-refractivity contribution in [3.05, 3.63) is 47.2 Å². The van der Waals surface area contributed by atoms with Gasteiger partial charge in [-0.05, 0) is 12.1 Å². The van der Waals surface area contributed by atoms with Crippen LogP contribution in [0.2, 0.25) is 0 Å². The lowest BCUT2D eigenvalue weighted by Gasteiger charge is -2.05. The molecule has 0 aliphatic heterocycles. The summed E-state index contributed by atoms with van der Waals surface area (Å²) < 4.78 is 10.2. The van der Waals surface area contributed by atoms with E-state index in [0.29, 0.717) is 18.3 Å². The summed E-state index contributed by atoms with van der Waals surface area (Å²) in [7, 11) is 0. The lowest BCUT2D eigenvalue weighted by atomic mass is 10.2. The summed E-state index contributed by atoms with van der Waals surface area (Å²) >= 11 is 3.59. The molecule has 4 rings (SSSR count). The Morgan fingerprint density at radius 2 is 2.17 bits per heavy atom. The van der Waals surface area contributed by atoms with Gasteiger partial charge in [-0.25, -0.2) is 4.98 Å². The number of rotatable bonds is 5. The average molecular weight is 388 g/mol. The molecule has 3 aromatic heterocycles. The van der Waals surface area contributed by atoms with Crippen LogP contribution in [-0.2, 0) is 19.6 Å². The Bertz CT molecular complexity index is 973. The number of benzene rings is 1. The predicted octanol–water partition coefficient (Wildman–Crippen LogP) is 2.20. The molecule has 4 aromatic rings. The molecule has 122 valence electrons. The Hall–Kier alpha value is -2.52. The summed E-state index contributed by atoms with van der Waals surface area (Å²) in [6.07, 6.45) is 5.44. The van der Waals surface area contributed by atoms with Gasteiger partial charge in [-0.1, -0.05) is 27.2 Å². The minimum absolute atomic E-state index is 0.228. The van der Waals surface area contributed by atoms with E-state index in [9.17, 15) is 0 Å². The maximum absolute atomic E-state index is 5.59. The van der Waals surface area contributed by atoms with Gasteiger partial charge in [0, 0.05) is 28.8 Å². The van der Waals surface area contributed by atoms with Crippen molar-refractivity contribution in [2.24, 2.45) is 5.73 Å². The van der Waals surface area contributed by atoms with Crippen molar-refractivity contribution in [2.75, 3.05) is 0 Å². The maximum Gasteiger partial charge on any atom is 0.276 e. The molecule has 0 spiro atoms. The van der Waals surface area contributed by atoms with Crippen LogP contribution in [0.3, 0.4) is 0 Å². The summed E-state index contributed by atoms with van der Waals surface area (Å²) in [5, 5.41) is 9.51. The molecule has 0 aliphatic rings. The Kier molecular flexibility index (Phi) is 3.87. The Morgan fingerprint density at radius 1 is 1.25 bits per heavy atom. The highest BCUT2D eigenvalue weighted by molar-refractivity contribution is 9.10. The zero-order chi connectivity index (χ0) is 16.5. The molecule has 0 aliphatic carbocycles. The van der Waals surface area contributed by atoms with Crippen molar-refractivity contribution in [2.45, 2.75) is 19.6 Å². The van der Waals surface area contributed by atoms with Crippen LogP contribution in [0, 0.1) is 0 Å². The van der Waals surface area contributed by atoms with Crippen LogP contribution in [0.25, 0.3) is 22.5 Å². The summed E-state index contributed by atoms with van der Waals surface area (Å²) in [6.45, 7) is 1.61. The minimum Gasteiger partial charge on any atom is -0.336 e. The molecular weight excluding hydrogens is 374 g/mol. The summed E-state index contributed by atoms with van der Waals surface area (Å²) in [6, 6.07) is 5.87. The van der Waals surface area contributed by atoms with Gasteiger partial charge in [-0.15, -0.1) is 0 Å². The highest BCUT2D eigenvalue weighted by Gasteiger charge is 2.20. The molecule has 0 saturated carbocycles. The zero-order valence-corrected chi connectivity index (χ0v) is 14.2. The third-order valence-electron chi connectivity index (χ3n) is 3.70. The third-order valence-corrected chi connectivity index (χ3v) is 4.36. The molecule has 0 radical (unpaired) electrons. The van der Waals surface area contributed by atoms with E-state index < -0.39 is 0 Å². The topological polar surface area (TPSA) is 101 Å². The molecular formula is C15H14BrN7O. The molecule has 2 N–H and O–H groups in total. The molecule has 8 nitrogen and oxygen atoms in total. The number of aromatic nitrogens is 6.